The highest BCUT2D eigenvalue weighted by molar-refractivity contribution is 6.08. The number of anilines is 1. The first-order valence-electron chi connectivity index (χ1n) is 10.6. The standard InChI is InChI=1S/C24H28N4O/c1-24(2,3)22(29)19-11-25-23-21(19)27-20(12-26-23)15-6-5-9-18(10-15)28-13-16-7-4-8-17(16)14-28/h5-6,9-12,16-17H,4,7-8,13-14H2,1-3H3,(H,25,26)/t16-,17+. The van der Waals surface area contributed by atoms with Gasteiger partial charge in [-0.15, -0.1) is 0 Å². The molecule has 0 bridgehead atoms. The van der Waals surface area contributed by atoms with E-state index in [1.54, 1.807) is 12.4 Å². The Balaban J connectivity index is 1.49. The molecule has 3 heterocycles. The highest BCUT2D eigenvalue weighted by Gasteiger charge is 2.36. The Morgan fingerprint density at radius 3 is 2.66 bits per heavy atom. The number of fused-ring (bicyclic) bond motifs is 2. The number of aromatic nitrogens is 3. The summed E-state index contributed by atoms with van der Waals surface area (Å²) < 4.78 is 0. The molecule has 1 aromatic carbocycles. The number of benzene rings is 1. The summed E-state index contributed by atoms with van der Waals surface area (Å²) >= 11 is 0. The lowest BCUT2D eigenvalue weighted by molar-refractivity contribution is 0.0860. The van der Waals surface area contributed by atoms with Crippen molar-refractivity contribution >= 4 is 22.6 Å². The Hall–Kier alpha value is -2.69. The molecule has 2 aromatic heterocycles. The van der Waals surface area contributed by atoms with E-state index in [9.17, 15) is 4.79 Å². The molecule has 1 aliphatic heterocycles. The van der Waals surface area contributed by atoms with Gasteiger partial charge in [-0.25, -0.2) is 9.97 Å². The largest absolute Gasteiger partial charge is 0.371 e. The van der Waals surface area contributed by atoms with Crippen LogP contribution in [0.1, 0.15) is 50.4 Å². The number of Topliss-reactive ketones (excluding diaryl/α,β-unsaturated/α-hetero) is 1. The maximum absolute atomic E-state index is 12.8. The van der Waals surface area contributed by atoms with Crippen molar-refractivity contribution in [1.29, 1.82) is 0 Å². The van der Waals surface area contributed by atoms with Crippen molar-refractivity contribution in [3.63, 3.8) is 0 Å². The molecular formula is C24H28N4O. The Kier molecular flexibility index (Phi) is 4.23. The van der Waals surface area contributed by atoms with Gasteiger partial charge in [0.05, 0.1) is 17.5 Å². The van der Waals surface area contributed by atoms with Crippen LogP contribution in [0.3, 0.4) is 0 Å². The zero-order chi connectivity index (χ0) is 20.2. The second-order valence-corrected chi connectivity index (χ2v) is 9.64. The second kappa shape index (κ2) is 6.68. The van der Waals surface area contributed by atoms with Crippen LogP contribution in [0.4, 0.5) is 5.69 Å². The molecule has 150 valence electrons. The minimum absolute atomic E-state index is 0.0764. The predicted octanol–water partition coefficient (Wildman–Crippen LogP) is 5.09. The van der Waals surface area contributed by atoms with Crippen LogP contribution in [0.25, 0.3) is 22.4 Å². The number of carbonyl (C=O) groups is 1. The van der Waals surface area contributed by atoms with Crippen LogP contribution in [0.15, 0.2) is 36.7 Å². The number of nitrogens with one attached hydrogen (secondary N) is 1. The lowest BCUT2D eigenvalue weighted by Gasteiger charge is -2.20. The minimum Gasteiger partial charge on any atom is -0.371 e. The third-order valence-electron chi connectivity index (χ3n) is 6.54. The van der Waals surface area contributed by atoms with Gasteiger partial charge in [0, 0.05) is 36.0 Å². The van der Waals surface area contributed by atoms with E-state index >= 15 is 0 Å². The number of hydrogen-bond donors (Lipinski definition) is 1. The first-order chi connectivity index (χ1) is 13.9. The summed E-state index contributed by atoms with van der Waals surface area (Å²) in [5, 5.41) is 0. The van der Waals surface area contributed by atoms with E-state index in [2.05, 4.69) is 39.1 Å². The molecule has 1 saturated heterocycles. The fourth-order valence-electron chi connectivity index (χ4n) is 4.92. The average Bonchev–Trinajstić information content (AvgIpc) is 3.40. The molecule has 2 atom stereocenters. The van der Waals surface area contributed by atoms with Crippen molar-refractivity contribution in [2.45, 2.75) is 40.0 Å². The predicted molar refractivity (Wildman–Crippen MR) is 116 cm³/mol. The maximum Gasteiger partial charge on any atom is 0.171 e. The molecule has 0 amide bonds. The molecule has 2 aliphatic rings. The van der Waals surface area contributed by atoms with Crippen LogP contribution in [-0.4, -0.2) is 33.8 Å². The molecule has 1 aliphatic carbocycles. The molecule has 2 fully saturated rings. The summed E-state index contributed by atoms with van der Waals surface area (Å²) in [4.78, 5) is 27.8. The van der Waals surface area contributed by atoms with Gasteiger partial charge in [0.1, 0.15) is 5.52 Å². The van der Waals surface area contributed by atoms with Crippen LogP contribution in [0.5, 0.6) is 0 Å². The fraction of sp³-hybridized carbons (Fsp3) is 0.458. The Morgan fingerprint density at radius 1 is 1.17 bits per heavy atom. The summed E-state index contributed by atoms with van der Waals surface area (Å²) in [5.74, 6) is 1.80. The first-order valence-corrected chi connectivity index (χ1v) is 10.6. The van der Waals surface area contributed by atoms with Gasteiger partial charge in [0.25, 0.3) is 0 Å². The monoisotopic (exact) mass is 388 g/mol. The van der Waals surface area contributed by atoms with Gasteiger partial charge >= 0.3 is 0 Å². The number of nitrogens with zero attached hydrogens (tertiary/aromatic N) is 3. The fourth-order valence-corrected chi connectivity index (χ4v) is 4.92. The Morgan fingerprint density at radius 2 is 1.93 bits per heavy atom. The SMILES string of the molecule is CC(C)(C)C(=O)c1c[nH]c2ncc(-c3cccc(N4C[C@H]5CCC[C@H]5C4)c3)nc12. The van der Waals surface area contributed by atoms with Gasteiger partial charge in [-0.2, -0.15) is 0 Å². The third-order valence-corrected chi connectivity index (χ3v) is 6.54. The van der Waals surface area contributed by atoms with Crippen molar-refractivity contribution in [2.24, 2.45) is 17.3 Å². The topological polar surface area (TPSA) is 61.9 Å². The van der Waals surface area contributed by atoms with Crippen molar-refractivity contribution in [2.75, 3.05) is 18.0 Å². The number of aromatic amines is 1. The highest BCUT2D eigenvalue weighted by Crippen LogP contribution is 2.40. The molecule has 1 saturated carbocycles. The van der Waals surface area contributed by atoms with E-state index in [1.807, 2.05) is 20.8 Å². The Bertz CT molecular complexity index is 1070. The molecule has 5 rings (SSSR count). The number of hydrogen-bond acceptors (Lipinski definition) is 4. The normalized spacial score (nSPS) is 21.7. The number of carbonyl (C=O) groups excluding carboxylic acids is 1. The van der Waals surface area contributed by atoms with E-state index in [1.165, 1.54) is 38.0 Å². The second-order valence-electron chi connectivity index (χ2n) is 9.64. The van der Waals surface area contributed by atoms with Gasteiger partial charge in [-0.3, -0.25) is 4.79 Å². The molecule has 5 nitrogen and oxygen atoms in total. The van der Waals surface area contributed by atoms with Crippen LogP contribution in [-0.2, 0) is 0 Å². The van der Waals surface area contributed by atoms with Gasteiger partial charge in [-0.05, 0) is 36.8 Å². The van der Waals surface area contributed by atoms with E-state index in [0.29, 0.717) is 16.7 Å². The molecular weight excluding hydrogens is 360 g/mol. The van der Waals surface area contributed by atoms with Crippen LogP contribution < -0.4 is 4.90 Å². The summed E-state index contributed by atoms with van der Waals surface area (Å²) in [6.07, 6.45) is 7.68. The lowest BCUT2D eigenvalue weighted by atomic mass is 9.87. The van der Waals surface area contributed by atoms with E-state index in [-0.39, 0.29) is 5.78 Å². The lowest BCUT2D eigenvalue weighted by Crippen LogP contribution is -2.20. The smallest absolute Gasteiger partial charge is 0.171 e. The van der Waals surface area contributed by atoms with Crippen LogP contribution in [0.2, 0.25) is 0 Å². The summed E-state index contributed by atoms with van der Waals surface area (Å²) in [6, 6.07) is 8.59. The molecule has 3 aromatic rings. The first kappa shape index (κ1) is 18.3. The summed E-state index contributed by atoms with van der Waals surface area (Å²) in [6.45, 7) is 8.13. The van der Waals surface area contributed by atoms with Gasteiger partial charge in [-0.1, -0.05) is 39.3 Å². The van der Waals surface area contributed by atoms with Crippen molar-refractivity contribution in [1.82, 2.24) is 15.0 Å². The molecule has 0 radical (unpaired) electrons. The van der Waals surface area contributed by atoms with Crippen LogP contribution >= 0.6 is 0 Å². The maximum atomic E-state index is 12.8. The number of H-pyrrole nitrogens is 1. The zero-order valence-corrected chi connectivity index (χ0v) is 17.4. The minimum atomic E-state index is -0.458. The third kappa shape index (κ3) is 3.22. The molecule has 0 unspecified atom stereocenters. The van der Waals surface area contributed by atoms with Gasteiger partial charge in [0.2, 0.25) is 0 Å². The van der Waals surface area contributed by atoms with Gasteiger partial charge < -0.3 is 9.88 Å². The number of ketones is 1. The van der Waals surface area contributed by atoms with E-state index in [4.69, 9.17) is 4.98 Å². The quantitative estimate of drug-likeness (QED) is 0.635. The van der Waals surface area contributed by atoms with Crippen molar-refractivity contribution < 1.29 is 4.79 Å². The summed E-state index contributed by atoms with van der Waals surface area (Å²) in [7, 11) is 0. The summed E-state index contributed by atoms with van der Waals surface area (Å²) in [5.41, 5.74) is 4.59. The molecule has 5 heteroatoms. The highest BCUT2D eigenvalue weighted by atomic mass is 16.1. The van der Waals surface area contributed by atoms with Crippen molar-refractivity contribution in [3.8, 4) is 11.3 Å². The van der Waals surface area contributed by atoms with Crippen molar-refractivity contribution in [3.05, 3.63) is 42.2 Å². The molecule has 29 heavy (non-hydrogen) atoms. The van der Waals surface area contributed by atoms with Gasteiger partial charge in [0.15, 0.2) is 11.4 Å². The molecule has 1 N–H and O–H groups in total. The number of rotatable bonds is 3. The van der Waals surface area contributed by atoms with E-state index in [0.717, 1.165) is 23.1 Å². The average molecular weight is 389 g/mol. The van der Waals surface area contributed by atoms with E-state index < -0.39 is 5.41 Å². The molecule has 0 spiro atoms. The zero-order valence-electron chi connectivity index (χ0n) is 17.4. The van der Waals surface area contributed by atoms with Crippen LogP contribution in [0, 0.1) is 17.3 Å². The Labute approximate surface area is 171 Å².